The lowest BCUT2D eigenvalue weighted by Gasteiger charge is -2.28. The molecule has 0 aliphatic heterocycles. The maximum absolute atomic E-state index is 5.79. The van der Waals surface area contributed by atoms with Gasteiger partial charge in [0.1, 0.15) is 5.75 Å². The second-order valence-corrected chi connectivity index (χ2v) is 6.57. The Morgan fingerprint density at radius 3 is 2.55 bits per heavy atom. The van der Waals surface area contributed by atoms with Gasteiger partial charge in [0, 0.05) is 0 Å². The molecule has 1 aromatic carbocycles. The Kier molecular flexibility index (Phi) is 7.02. The minimum Gasteiger partial charge on any atom is -0.494 e. The highest BCUT2D eigenvalue weighted by atomic mass is 16.5. The van der Waals surface area contributed by atoms with Crippen molar-refractivity contribution >= 4 is 0 Å². The van der Waals surface area contributed by atoms with Gasteiger partial charge in [-0.1, -0.05) is 37.6 Å². The van der Waals surface area contributed by atoms with Crippen LogP contribution in [0.25, 0.3) is 0 Å². The molecule has 1 saturated carbocycles. The van der Waals surface area contributed by atoms with E-state index in [2.05, 4.69) is 51.1 Å². The van der Waals surface area contributed by atoms with Crippen LogP contribution in [0.4, 0.5) is 0 Å². The van der Waals surface area contributed by atoms with Crippen LogP contribution < -0.4 is 4.74 Å². The van der Waals surface area contributed by atoms with Gasteiger partial charge in [0.2, 0.25) is 0 Å². The highest BCUT2D eigenvalue weighted by Crippen LogP contribution is 2.38. The lowest BCUT2D eigenvalue weighted by molar-refractivity contribution is 0.325. The molecule has 0 aromatic heterocycles. The Labute approximate surface area is 136 Å². The first kappa shape index (κ1) is 17.1. The van der Waals surface area contributed by atoms with Gasteiger partial charge >= 0.3 is 0 Å². The lowest BCUT2D eigenvalue weighted by Crippen LogP contribution is -2.13. The topological polar surface area (TPSA) is 9.23 Å². The average Bonchev–Trinajstić information content (AvgIpc) is 2.55. The molecule has 22 heavy (non-hydrogen) atoms. The molecular formula is C21H32O. The molecule has 1 aliphatic rings. The average molecular weight is 300 g/mol. The van der Waals surface area contributed by atoms with Crippen molar-refractivity contribution in [1.29, 1.82) is 0 Å². The van der Waals surface area contributed by atoms with Gasteiger partial charge in [-0.25, -0.2) is 0 Å². The van der Waals surface area contributed by atoms with Gasteiger partial charge in [0.25, 0.3) is 0 Å². The Bertz CT molecular complexity index is 467. The number of rotatable bonds is 7. The molecule has 1 aliphatic carbocycles. The molecule has 1 aromatic rings. The fourth-order valence-corrected chi connectivity index (χ4v) is 3.67. The molecule has 0 spiro atoms. The summed E-state index contributed by atoms with van der Waals surface area (Å²) in [6.45, 7) is 7.19. The van der Waals surface area contributed by atoms with Crippen molar-refractivity contribution in [2.45, 2.75) is 71.6 Å². The third-order valence-electron chi connectivity index (χ3n) is 4.93. The van der Waals surface area contributed by atoms with Gasteiger partial charge in [-0.2, -0.15) is 0 Å². The molecular weight excluding hydrogens is 268 g/mol. The first-order valence-corrected chi connectivity index (χ1v) is 9.15. The molecule has 0 amide bonds. The molecule has 0 N–H and O–H groups in total. The summed E-state index contributed by atoms with van der Waals surface area (Å²) in [7, 11) is 0. The molecule has 0 unspecified atom stereocenters. The van der Waals surface area contributed by atoms with Crippen LogP contribution in [0.3, 0.4) is 0 Å². The molecule has 0 radical (unpaired) electrons. The smallest absolute Gasteiger partial charge is 0.122 e. The molecule has 0 atom stereocenters. The van der Waals surface area contributed by atoms with E-state index in [4.69, 9.17) is 4.74 Å². The van der Waals surface area contributed by atoms with Crippen molar-refractivity contribution in [2.75, 3.05) is 6.61 Å². The maximum atomic E-state index is 5.79. The second-order valence-electron chi connectivity index (χ2n) is 6.57. The van der Waals surface area contributed by atoms with Crippen molar-refractivity contribution in [3.05, 3.63) is 41.5 Å². The highest BCUT2D eigenvalue weighted by molar-refractivity contribution is 5.39. The summed E-state index contributed by atoms with van der Waals surface area (Å²) in [6.07, 6.45) is 13.6. The van der Waals surface area contributed by atoms with Gasteiger partial charge in [-0.15, -0.1) is 0 Å². The number of allylic oxidation sites excluding steroid dienone is 2. The standard InChI is InChI=1S/C21H32O/c1-4-7-9-17-10-12-18(13-11-17)19-14-15-21(22-6-3)20(16-19)8-5-2/h4,7,14-18H,5-6,8-13H2,1-3H3. The largest absolute Gasteiger partial charge is 0.494 e. The molecule has 1 fully saturated rings. The molecule has 1 heteroatoms. The SMILES string of the molecule is CC=CCC1CCC(c2ccc(OCC)c(CCC)c2)CC1. The predicted molar refractivity (Wildman–Crippen MR) is 95.7 cm³/mol. The van der Waals surface area contributed by atoms with Crippen LogP contribution in [-0.4, -0.2) is 6.61 Å². The van der Waals surface area contributed by atoms with Crippen molar-refractivity contribution in [2.24, 2.45) is 5.92 Å². The number of hydrogen-bond acceptors (Lipinski definition) is 1. The van der Waals surface area contributed by atoms with E-state index in [1.54, 1.807) is 0 Å². The predicted octanol–water partition coefficient (Wildman–Crippen LogP) is 6.28. The summed E-state index contributed by atoms with van der Waals surface area (Å²) in [6, 6.07) is 6.93. The van der Waals surface area contributed by atoms with Gasteiger partial charge in [-0.3, -0.25) is 0 Å². The zero-order valence-corrected chi connectivity index (χ0v) is 14.6. The first-order valence-electron chi connectivity index (χ1n) is 9.15. The zero-order chi connectivity index (χ0) is 15.8. The van der Waals surface area contributed by atoms with Crippen LogP contribution in [-0.2, 0) is 6.42 Å². The first-order chi connectivity index (χ1) is 10.8. The summed E-state index contributed by atoms with van der Waals surface area (Å²) in [5.41, 5.74) is 2.94. The minimum absolute atomic E-state index is 0.756. The molecule has 0 saturated heterocycles. The van der Waals surface area contributed by atoms with Gasteiger partial charge in [0.15, 0.2) is 0 Å². The number of aryl methyl sites for hydroxylation is 1. The second kappa shape index (κ2) is 9.02. The third kappa shape index (κ3) is 4.63. The van der Waals surface area contributed by atoms with E-state index in [9.17, 15) is 0 Å². The lowest BCUT2D eigenvalue weighted by atomic mass is 9.77. The minimum atomic E-state index is 0.756. The quantitative estimate of drug-likeness (QED) is 0.539. The van der Waals surface area contributed by atoms with E-state index >= 15 is 0 Å². The van der Waals surface area contributed by atoms with Gasteiger partial charge in [0.05, 0.1) is 6.61 Å². The van der Waals surface area contributed by atoms with E-state index in [1.165, 1.54) is 49.7 Å². The number of hydrogen-bond donors (Lipinski definition) is 0. The van der Waals surface area contributed by atoms with E-state index in [0.29, 0.717) is 0 Å². The van der Waals surface area contributed by atoms with Crippen LogP contribution in [0.15, 0.2) is 30.4 Å². The van der Waals surface area contributed by atoms with Crippen LogP contribution in [0, 0.1) is 5.92 Å². The zero-order valence-electron chi connectivity index (χ0n) is 14.6. The molecule has 1 nitrogen and oxygen atoms in total. The van der Waals surface area contributed by atoms with Crippen molar-refractivity contribution < 1.29 is 4.74 Å². The molecule has 0 heterocycles. The highest BCUT2D eigenvalue weighted by Gasteiger charge is 2.22. The summed E-state index contributed by atoms with van der Waals surface area (Å²) in [5, 5.41) is 0. The summed E-state index contributed by atoms with van der Waals surface area (Å²) >= 11 is 0. The maximum Gasteiger partial charge on any atom is 0.122 e. The van der Waals surface area contributed by atoms with Gasteiger partial charge < -0.3 is 4.74 Å². The normalized spacial score (nSPS) is 22.1. The summed E-state index contributed by atoms with van der Waals surface area (Å²) in [5.74, 6) is 2.76. The Hall–Kier alpha value is -1.24. The van der Waals surface area contributed by atoms with E-state index in [0.717, 1.165) is 30.6 Å². The number of ether oxygens (including phenoxy) is 1. The fraction of sp³-hybridized carbons (Fsp3) is 0.619. The Balaban J connectivity index is 2.02. The summed E-state index contributed by atoms with van der Waals surface area (Å²) in [4.78, 5) is 0. The van der Waals surface area contributed by atoms with Crippen molar-refractivity contribution in [3.8, 4) is 5.75 Å². The van der Waals surface area contributed by atoms with Crippen LogP contribution in [0.5, 0.6) is 5.75 Å². The van der Waals surface area contributed by atoms with E-state index < -0.39 is 0 Å². The van der Waals surface area contributed by atoms with E-state index in [1.807, 2.05) is 0 Å². The third-order valence-corrected chi connectivity index (χ3v) is 4.93. The fourth-order valence-electron chi connectivity index (χ4n) is 3.67. The molecule has 122 valence electrons. The van der Waals surface area contributed by atoms with Crippen molar-refractivity contribution in [1.82, 2.24) is 0 Å². The monoisotopic (exact) mass is 300 g/mol. The molecule has 0 bridgehead atoms. The Morgan fingerprint density at radius 2 is 1.91 bits per heavy atom. The van der Waals surface area contributed by atoms with E-state index in [-0.39, 0.29) is 0 Å². The molecule has 2 rings (SSSR count). The van der Waals surface area contributed by atoms with Crippen LogP contribution in [0.1, 0.15) is 76.3 Å². The Morgan fingerprint density at radius 1 is 1.14 bits per heavy atom. The number of benzene rings is 1. The van der Waals surface area contributed by atoms with Crippen LogP contribution in [0.2, 0.25) is 0 Å². The van der Waals surface area contributed by atoms with Crippen LogP contribution >= 0.6 is 0 Å². The van der Waals surface area contributed by atoms with Crippen molar-refractivity contribution in [3.63, 3.8) is 0 Å². The van der Waals surface area contributed by atoms with Gasteiger partial charge in [-0.05, 0) is 81.4 Å². The summed E-state index contributed by atoms with van der Waals surface area (Å²) < 4.78 is 5.79.